The molecule has 5 nitrogen and oxygen atoms in total. The van der Waals surface area contributed by atoms with Gasteiger partial charge in [-0.3, -0.25) is 0 Å². The number of esters is 1. The summed E-state index contributed by atoms with van der Waals surface area (Å²) in [5.74, 6) is -0.506. The van der Waals surface area contributed by atoms with Crippen LogP contribution in [0.25, 0.3) is 16.9 Å². The molecule has 0 saturated carbocycles. The topological polar surface area (TPSA) is 56.5 Å². The molecule has 0 radical (unpaired) electrons. The van der Waals surface area contributed by atoms with Gasteiger partial charge in [-0.2, -0.15) is 5.10 Å². The van der Waals surface area contributed by atoms with Crippen LogP contribution in [0.15, 0.2) is 114 Å². The van der Waals surface area contributed by atoms with Crippen molar-refractivity contribution in [3.63, 3.8) is 0 Å². The maximum Gasteiger partial charge on any atom is 0.346 e. The van der Waals surface area contributed by atoms with Gasteiger partial charge in [-0.1, -0.05) is 66.2 Å². The van der Waals surface area contributed by atoms with Gasteiger partial charge in [0.1, 0.15) is 11.6 Å². The fraction of sp³-hybridized carbons (Fsp3) is 0. The fourth-order valence-electron chi connectivity index (χ4n) is 3.57. The molecule has 7 heteroatoms. The zero-order chi connectivity index (χ0) is 24.9. The van der Waals surface area contributed by atoms with Crippen molar-refractivity contribution in [2.24, 2.45) is 4.99 Å². The van der Waals surface area contributed by atoms with E-state index in [1.165, 1.54) is 18.2 Å². The van der Waals surface area contributed by atoms with E-state index in [9.17, 15) is 9.18 Å². The van der Waals surface area contributed by atoms with Crippen molar-refractivity contribution >= 4 is 29.6 Å². The lowest BCUT2D eigenvalue weighted by molar-refractivity contribution is 0.0730. The van der Waals surface area contributed by atoms with Gasteiger partial charge < -0.3 is 4.74 Å². The number of ether oxygens (including phenoxy) is 1. The smallest absolute Gasteiger partial charge is 0.346 e. The maximum atomic E-state index is 13.9. The van der Waals surface area contributed by atoms with E-state index >= 15 is 0 Å². The number of halogens is 2. The highest BCUT2D eigenvalue weighted by atomic mass is 35.5. The number of rotatable bonds is 6. The van der Waals surface area contributed by atoms with Gasteiger partial charge in [0.2, 0.25) is 0 Å². The molecule has 5 aromatic rings. The lowest BCUT2D eigenvalue weighted by atomic mass is 10.1. The number of nitrogens with zero attached hydrogens (tertiary/aromatic N) is 3. The van der Waals surface area contributed by atoms with Crippen molar-refractivity contribution < 1.29 is 13.9 Å². The standard InChI is InChI=1S/C29H19ClFN3O2/c30-22-15-13-21(14-16-22)27-18-28(34(33-27)23-8-2-1-3-9-23)32-19-20-7-6-10-24(17-20)36-29(35)25-11-4-5-12-26(25)31/h1-19H. The quantitative estimate of drug-likeness (QED) is 0.141. The molecule has 0 bridgehead atoms. The van der Waals surface area contributed by atoms with Gasteiger partial charge in [0, 0.05) is 22.9 Å². The van der Waals surface area contributed by atoms with E-state index in [0.717, 1.165) is 16.9 Å². The number of aromatic nitrogens is 2. The Morgan fingerprint density at radius 2 is 1.64 bits per heavy atom. The van der Waals surface area contributed by atoms with Crippen LogP contribution in [-0.4, -0.2) is 22.0 Å². The molecule has 0 amide bonds. The molecule has 176 valence electrons. The molecule has 4 aromatic carbocycles. The summed E-state index contributed by atoms with van der Waals surface area (Å²) in [6, 6.07) is 31.5. The zero-order valence-corrected chi connectivity index (χ0v) is 19.6. The Morgan fingerprint density at radius 1 is 0.889 bits per heavy atom. The van der Waals surface area contributed by atoms with Gasteiger partial charge in [0.25, 0.3) is 0 Å². The molecule has 36 heavy (non-hydrogen) atoms. The molecule has 0 aliphatic rings. The first kappa shape index (κ1) is 23.2. The lowest BCUT2D eigenvalue weighted by Crippen LogP contribution is -2.10. The summed E-state index contributed by atoms with van der Waals surface area (Å²) in [4.78, 5) is 17.0. The SMILES string of the molecule is O=C(Oc1cccc(C=Nc2cc(-c3ccc(Cl)cc3)nn2-c2ccccc2)c1)c1ccccc1F. The third-order valence-electron chi connectivity index (χ3n) is 5.34. The minimum atomic E-state index is -0.767. The van der Waals surface area contributed by atoms with Crippen molar-refractivity contribution in [3.05, 3.63) is 131 Å². The van der Waals surface area contributed by atoms with Crippen LogP contribution in [-0.2, 0) is 0 Å². The first-order chi connectivity index (χ1) is 17.6. The maximum absolute atomic E-state index is 13.9. The number of hydrogen-bond donors (Lipinski definition) is 0. The molecule has 0 fully saturated rings. The summed E-state index contributed by atoms with van der Waals surface area (Å²) in [5, 5.41) is 5.39. The molecule has 0 atom stereocenters. The Labute approximate surface area is 212 Å². The van der Waals surface area contributed by atoms with Crippen LogP contribution in [0.1, 0.15) is 15.9 Å². The number of carbonyl (C=O) groups is 1. The molecule has 0 aliphatic carbocycles. The molecule has 1 aromatic heterocycles. The van der Waals surface area contributed by atoms with Crippen molar-refractivity contribution in [3.8, 4) is 22.7 Å². The summed E-state index contributed by atoms with van der Waals surface area (Å²) in [5.41, 5.74) is 3.08. The Morgan fingerprint density at radius 3 is 2.42 bits per heavy atom. The summed E-state index contributed by atoms with van der Waals surface area (Å²) < 4.78 is 21.0. The summed E-state index contributed by atoms with van der Waals surface area (Å²) in [6.07, 6.45) is 1.66. The van der Waals surface area contributed by atoms with E-state index in [1.807, 2.05) is 66.7 Å². The van der Waals surface area contributed by atoms with E-state index < -0.39 is 11.8 Å². The molecular formula is C29H19ClFN3O2. The molecular weight excluding hydrogens is 477 g/mol. The van der Waals surface area contributed by atoms with Crippen LogP contribution in [0.3, 0.4) is 0 Å². The van der Waals surface area contributed by atoms with Gasteiger partial charge in [0.15, 0.2) is 5.82 Å². The third-order valence-corrected chi connectivity index (χ3v) is 5.59. The van der Waals surface area contributed by atoms with E-state index in [4.69, 9.17) is 21.4 Å². The van der Waals surface area contributed by atoms with Crippen molar-refractivity contribution in [2.45, 2.75) is 0 Å². The molecule has 0 saturated heterocycles. The number of hydrogen-bond acceptors (Lipinski definition) is 4. The minimum absolute atomic E-state index is 0.127. The second kappa shape index (κ2) is 10.4. The molecule has 0 unspecified atom stereocenters. The molecule has 0 aliphatic heterocycles. The van der Waals surface area contributed by atoms with Crippen LogP contribution in [0.5, 0.6) is 5.75 Å². The van der Waals surface area contributed by atoms with E-state index in [1.54, 1.807) is 35.2 Å². The number of benzene rings is 4. The summed E-state index contributed by atoms with van der Waals surface area (Å²) in [7, 11) is 0. The first-order valence-electron chi connectivity index (χ1n) is 11.1. The van der Waals surface area contributed by atoms with Crippen LogP contribution in [0.2, 0.25) is 5.02 Å². The zero-order valence-electron chi connectivity index (χ0n) is 18.9. The third kappa shape index (κ3) is 5.24. The highest BCUT2D eigenvalue weighted by molar-refractivity contribution is 6.30. The highest BCUT2D eigenvalue weighted by Crippen LogP contribution is 2.28. The predicted octanol–water partition coefficient (Wildman–Crippen LogP) is 7.30. The van der Waals surface area contributed by atoms with Crippen LogP contribution < -0.4 is 4.74 Å². The Kier molecular flexibility index (Phi) is 6.69. The van der Waals surface area contributed by atoms with Crippen LogP contribution in [0, 0.1) is 5.82 Å². The van der Waals surface area contributed by atoms with Gasteiger partial charge in [-0.05, 0) is 54.1 Å². The van der Waals surface area contributed by atoms with Crippen LogP contribution >= 0.6 is 11.6 Å². The second-order valence-electron chi connectivity index (χ2n) is 7.84. The molecule has 5 rings (SSSR count). The van der Waals surface area contributed by atoms with Crippen LogP contribution in [0.4, 0.5) is 10.2 Å². The Balaban J connectivity index is 1.43. The number of para-hydroxylation sites is 1. The lowest BCUT2D eigenvalue weighted by Gasteiger charge is -2.06. The second-order valence-corrected chi connectivity index (χ2v) is 8.28. The van der Waals surface area contributed by atoms with E-state index in [2.05, 4.69) is 4.99 Å². The predicted molar refractivity (Wildman–Crippen MR) is 139 cm³/mol. The fourth-order valence-corrected chi connectivity index (χ4v) is 3.70. The Bertz CT molecular complexity index is 1550. The summed E-state index contributed by atoms with van der Waals surface area (Å²) >= 11 is 6.04. The van der Waals surface area contributed by atoms with Crippen molar-refractivity contribution in [1.29, 1.82) is 0 Å². The minimum Gasteiger partial charge on any atom is -0.423 e. The average molecular weight is 496 g/mol. The molecule has 1 heterocycles. The summed E-state index contributed by atoms with van der Waals surface area (Å²) in [6.45, 7) is 0. The van der Waals surface area contributed by atoms with Gasteiger partial charge in [-0.25, -0.2) is 18.9 Å². The van der Waals surface area contributed by atoms with E-state index in [-0.39, 0.29) is 11.3 Å². The molecule has 0 spiro atoms. The number of aliphatic imine (C=N–C) groups is 1. The van der Waals surface area contributed by atoms with Gasteiger partial charge in [-0.15, -0.1) is 0 Å². The molecule has 0 N–H and O–H groups in total. The van der Waals surface area contributed by atoms with E-state index in [0.29, 0.717) is 16.4 Å². The van der Waals surface area contributed by atoms with Gasteiger partial charge >= 0.3 is 5.97 Å². The number of carbonyl (C=O) groups excluding carboxylic acids is 1. The van der Waals surface area contributed by atoms with Gasteiger partial charge in [0.05, 0.1) is 16.9 Å². The van der Waals surface area contributed by atoms with Crippen molar-refractivity contribution in [1.82, 2.24) is 9.78 Å². The highest BCUT2D eigenvalue weighted by Gasteiger charge is 2.14. The normalized spacial score (nSPS) is 11.1. The largest absolute Gasteiger partial charge is 0.423 e. The average Bonchev–Trinajstić information content (AvgIpc) is 3.33. The Hall–Kier alpha value is -4.55. The van der Waals surface area contributed by atoms with Crippen molar-refractivity contribution in [2.75, 3.05) is 0 Å². The monoisotopic (exact) mass is 495 g/mol. The first-order valence-corrected chi connectivity index (χ1v) is 11.5.